The third kappa shape index (κ3) is 5.49. The number of carbonyl (C=O) groups excluding carboxylic acids is 1. The molecule has 2 rings (SSSR count). The van der Waals surface area contributed by atoms with Gasteiger partial charge in [-0.05, 0) is 39.0 Å². The van der Waals surface area contributed by atoms with Crippen LogP contribution in [-0.2, 0) is 18.3 Å². The summed E-state index contributed by atoms with van der Waals surface area (Å²) in [5.41, 5.74) is 0.530. The molecule has 1 aliphatic heterocycles. The lowest BCUT2D eigenvalue weighted by Gasteiger charge is -2.41. The first kappa shape index (κ1) is 17.7. The highest BCUT2D eigenvalue weighted by Crippen LogP contribution is 2.29. The van der Waals surface area contributed by atoms with E-state index in [0.29, 0.717) is 6.54 Å². The lowest BCUT2D eigenvalue weighted by atomic mass is 9.82. The highest BCUT2D eigenvalue weighted by atomic mass is 16.6. The summed E-state index contributed by atoms with van der Waals surface area (Å²) in [4.78, 5) is 14.1. The second kappa shape index (κ2) is 6.86. The van der Waals surface area contributed by atoms with Crippen molar-refractivity contribution >= 4 is 6.09 Å². The minimum absolute atomic E-state index is 0.0529. The summed E-state index contributed by atoms with van der Waals surface area (Å²) in [7, 11) is 1.86. The smallest absolute Gasteiger partial charge is 0.410 e. The SMILES string of the molecule is Cn1cc(CNCC2(C)CCCN(C(=O)OC(C)(C)C)C2)nn1. The first-order chi connectivity index (χ1) is 10.7. The second-order valence-electron chi connectivity index (χ2n) is 7.80. The van der Waals surface area contributed by atoms with Gasteiger partial charge in [0.15, 0.2) is 0 Å². The fraction of sp³-hybridized carbons (Fsp3) is 0.812. The van der Waals surface area contributed by atoms with Gasteiger partial charge >= 0.3 is 6.09 Å². The number of nitrogens with zero attached hydrogens (tertiary/aromatic N) is 4. The molecule has 7 heteroatoms. The molecule has 1 saturated heterocycles. The molecule has 0 aromatic carbocycles. The first-order valence-corrected chi connectivity index (χ1v) is 8.21. The molecule has 0 bridgehead atoms. The van der Waals surface area contributed by atoms with Crippen LogP contribution in [0.3, 0.4) is 0 Å². The lowest BCUT2D eigenvalue weighted by Crippen LogP contribution is -2.50. The number of amides is 1. The van der Waals surface area contributed by atoms with E-state index in [1.165, 1.54) is 0 Å². The van der Waals surface area contributed by atoms with E-state index in [9.17, 15) is 4.79 Å². The molecule has 1 amide bonds. The van der Waals surface area contributed by atoms with Crippen LogP contribution in [0, 0.1) is 5.41 Å². The summed E-state index contributed by atoms with van der Waals surface area (Å²) in [6.45, 7) is 10.9. The number of aromatic nitrogens is 3. The molecule has 0 spiro atoms. The zero-order valence-electron chi connectivity index (χ0n) is 14.9. The Hall–Kier alpha value is -1.63. The Kier molecular flexibility index (Phi) is 5.29. The standard InChI is InChI=1S/C16H29N5O2/c1-15(2,3)23-14(22)21-8-6-7-16(4,12-21)11-17-9-13-10-20(5)19-18-13/h10,17H,6-9,11-12H2,1-5H3. The minimum atomic E-state index is -0.449. The zero-order valence-corrected chi connectivity index (χ0v) is 14.9. The van der Waals surface area contributed by atoms with E-state index in [0.717, 1.165) is 38.2 Å². The van der Waals surface area contributed by atoms with Crippen LogP contribution >= 0.6 is 0 Å². The van der Waals surface area contributed by atoms with Crippen molar-refractivity contribution in [3.63, 3.8) is 0 Å². The van der Waals surface area contributed by atoms with Gasteiger partial charge in [-0.2, -0.15) is 0 Å². The molecule has 1 N–H and O–H groups in total. The maximum Gasteiger partial charge on any atom is 0.410 e. The Bertz CT molecular complexity index is 537. The van der Waals surface area contributed by atoms with Crippen molar-refractivity contribution in [1.82, 2.24) is 25.2 Å². The molecule has 1 aromatic rings. The van der Waals surface area contributed by atoms with Crippen LogP contribution in [0.25, 0.3) is 0 Å². The van der Waals surface area contributed by atoms with E-state index in [4.69, 9.17) is 4.74 Å². The van der Waals surface area contributed by atoms with Gasteiger partial charge in [0, 0.05) is 39.4 Å². The van der Waals surface area contributed by atoms with Crippen molar-refractivity contribution in [3.05, 3.63) is 11.9 Å². The normalized spacial score (nSPS) is 22.2. The molecule has 0 aliphatic carbocycles. The van der Waals surface area contributed by atoms with E-state index in [2.05, 4.69) is 22.6 Å². The van der Waals surface area contributed by atoms with Crippen LogP contribution in [0.15, 0.2) is 6.20 Å². The molecular weight excluding hydrogens is 294 g/mol. The monoisotopic (exact) mass is 323 g/mol. The van der Waals surface area contributed by atoms with Gasteiger partial charge in [-0.3, -0.25) is 4.68 Å². The molecule has 23 heavy (non-hydrogen) atoms. The number of hydrogen-bond donors (Lipinski definition) is 1. The van der Waals surface area contributed by atoms with Gasteiger partial charge in [0.25, 0.3) is 0 Å². The number of rotatable bonds is 4. The van der Waals surface area contributed by atoms with Crippen molar-refractivity contribution < 1.29 is 9.53 Å². The molecule has 130 valence electrons. The zero-order chi connectivity index (χ0) is 17.1. The molecule has 0 saturated carbocycles. The van der Waals surface area contributed by atoms with Crippen molar-refractivity contribution in [2.24, 2.45) is 12.5 Å². The van der Waals surface area contributed by atoms with Crippen molar-refractivity contribution in [2.75, 3.05) is 19.6 Å². The third-order valence-electron chi connectivity index (χ3n) is 3.94. The summed E-state index contributed by atoms with van der Waals surface area (Å²) in [5, 5.41) is 11.4. The topological polar surface area (TPSA) is 72.3 Å². The summed E-state index contributed by atoms with van der Waals surface area (Å²) in [6.07, 6.45) is 3.79. The number of ether oxygens (including phenoxy) is 1. The van der Waals surface area contributed by atoms with E-state index >= 15 is 0 Å². The molecule has 0 radical (unpaired) electrons. The van der Waals surface area contributed by atoms with Crippen LogP contribution in [0.4, 0.5) is 4.79 Å². The van der Waals surface area contributed by atoms with Gasteiger partial charge in [0.1, 0.15) is 5.60 Å². The van der Waals surface area contributed by atoms with Crippen LogP contribution < -0.4 is 5.32 Å². The van der Waals surface area contributed by atoms with E-state index < -0.39 is 5.60 Å². The Morgan fingerprint density at radius 3 is 2.83 bits per heavy atom. The summed E-state index contributed by atoms with van der Waals surface area (Å²) >= 11 is 0. The van der Waals surface area contributed by atoms with Crippen LogP contribution in [0.5, 0.6) is 0 Å². The first-order valence-electron chi connectivity index (χ1n) is 8.21. The fourth-order valence-electron chi connectivity index (χ4n) is 2.91. The summed E-state index contributed by atoms with van der Waals surface area (Å²) in [5.74, 6) is 0. The van der Waals surface area contributed by atoms with Crippen LogP contribution in [0.1, 0.15) is 46.2 Å². The van der Waals surface area contributed by atoms with Gasteiger partial charge in [-0.15, -0.1) is 5.10 Å². The van der Waals surface area contributed by atoms with Gasteiger partial charge < -0.3 is 15.0 Å². The molecule has 1 aliphatic rings. The Morgan fingerprint density at radius 2 is 2.22 bits per heavy atom. The Morgan fingerprint density at radius 1 is 1.48 bits per heavy atom. The summed E-state index contributed by atoms with van der Waals surface area (Å²) in [6, 6.07) is 0. The second-order valence-corrected chi connectivity index (χ2v) is 7.80. The van der Waals surface area contributed by atoms with Crippen molar-refractivity contribution in [2.45, 2.75) is 52.7 Å². The number of aryl methyl sites for hydroxylation is 1. The highest BCUT2D eigenvalue weighted by molar-refractivity contribution is 5.68. The van der Waals surface area contributed by atoms with Gasteiger partial charge in [0.2, 0.25) is 0 Å². The molecule has 2 heterocycles. The van der Waals surface area contributed by atoms with E-state index in [1.54, 1.807) is 4.68 Å². The van der Waals surface area contributed by atoms with Crippen molar-refractivity contribution in [3.8, 4) is 0 Å². The maximum absolute atomic E-state index is 12.3. The number of piperidine rings is 1. The quantitative estimate of drug-likeness (QED) is 0.917. The predicted molar refractivity (Wildman–Crippen MR) is 87.9 cm³/mol. The number of nitrogens with one attached hydrogen (secondary N) is 1. The van der Waals surface area contributed by atoms with Gasteiger partial charge in [0.05, 0.1) is 5.69 Å². The molecule has 1 fully saturated rings. The molecular formula is C16H29N5O2. The van der Waals surface area contributed by atoms with E-state index in [1.807, 2.05) is 38.9 Å². The highest BCUT2D eigenvalue weighted by Gasteiger charge is 2.34. The number of hydrogen-bond acceptors (Lipinski definition) is 5. The lowest BCUT2D eigenvalue weighted by molar-refractivity contribution is 0.00674. The fourth-order valence-corrected chi connectivity index (χ4v) is 2.91. The van der Waals surface area contributed by atoms with Gasteiger partial charge in [-0.1, -0.05) is 12.1 Å². The largest absolute Gasteiger partial charge is 0.444 e. The van der Waals surface area contributed by atoms with Crippen LogP contribution in [-0.4, -0.2) is 51.2 Å². The van der Waals surface area contributed by atoms with E-state index in [-0.39, 0.29) is 11.5 Å². The van der Waals surface area contributed by atoms with Gasteiger partial charge in [-0.25, -0.2) is 4.79 Å². The Labute approximate surface area is 138 Å². The number of carbonyl (C=O) groups is 1. The molecule has 1 aromatic heterocycles. The predicted octanol–water partition coefficient (Wildman–Crippen LogP) is 1.94. The Balaban J connectivity index is 1.84. The van der Waals surface area contributed by atoms with Crippen molar-refractivity contribution in [1.29, 1.82) is 0 Å². The minimum Gasteiger partial charge on any atom is -0.444 e. The molecule has 7 nitrogen and oxygen atoms in total. The number of likely N-dealkylation sites (tertiary alicyclic amines) is 1. The maximum atomic E-state index is 12.3. The average molecular weight is 323 g/mol. The summed E-state index contributed by atoms with van der Waals surface area (Å²) < 4.78 is 7.19. The molecule has 1 unspecified atom stereocenters. The van der Waals surface area contributed by atoms with Crippen LogP contribution in [0.2, 0.25) is 0 Å². The average Bonchev–Trinajstić information content (AvgIpc) is 2.82. The molecule has 1 atom stereocenters. The third-order valence-corrected chi connectivity index (χ3v) is 3.94.